The Morgan fingerprint density at radius 3 is 2.47 bits per heavy atom. The van der Waals surface area contributed by atoms with Crippen molar-refractivity contribution in [3.8, 4) is 0 Å². The van der Waals surface area contributed by atoms with Crippen LogP contribution in [0.4, 0.5) is 5.69 Å². The molecule has 1 aliphatic rings. The maximum absolute atomic E-state index is 3.44. The van der Waals surface area contributed by atoms with Gasteiger partial charge in [-0.3, -0.25) is 0 Å². The van der Waals surface area contributed by atoms with Crippen molar-refractivity contribution in [1.29, 1.82) is 0 Å². The SMILES string of the molecule is Brc1ccc(NCCN2CCCC2)cc1. The van der Waals surface area contributed by atoms with Crippen LogP contribution >= 0.6 is 15.9 Å². The molecule has 1 aromatic carbocycles. The fourth-order valence-corrected chi connectivity index (χ4v) is 2.20. The van der Waals surface area contributed by atoms with E-state index in [1.165, 1.54) is 31.6 Å². The molecule has 2 nitrogen and oxygen atoms in total. The highest BCUT2D eigenvalue weighted by Crippen LogP contribution is 2.14. The molecule has 0 amide bonds. The number of hydrogen-bond donors (Lipinski definition) is 1. The summed E-state index contributed by atoms with van der Waals surface area (Å²) in [5, 5.41) is 3.44. The van der Waals surface area contributed by atoms with Crippen molar-refractivity contribution in [1.82, 2.24) is 4.90 Å². The standard InChI is InChI=1S/C12H17BrN2/c13-11-3-5-12(6-4-11)14-7-10-15-8-1-2-9-15/h3-6,14H,1-2,7-10H2. The quantitative estimate of drug-likeness (QED) is 0.904. The predicted octanol–water partition coefficient (Wildman–Crippen LogP) is 2.96. The molecule has 1 aromatic rings. The van der Waals surface area contributed by atoms with Gasteiger partial charge < -0.3 is 10.2 Å². The zero-order valence-corrected chi connectivity index (χ0v) is 10.5. The maximum atomic E-state index is 3.44. The summed E-state index contributed by atoms with van der Waals surface area (Å²) in [7, 11) is 0. The van der Waals surface area contributed by atoms with Crippen LogP contribution in [0.3, 0.4) is 0 Å². The zero-order chi connectivity index (χ0) is 10.5. The molecule has 0 saturated carbocycles. The summed E-state index contributed by atoms with van der Waals surface area (Å²) in [5.74, 6) is 0. The molecule has 1 fully saturated rings. The van der Waals surface area contributed by atoms with Crippen LogP contribution in [0.1, 0.15) is 12.8 Å². The van der Waals surface area contributed by atoms with Gasteiger partial charge in [0.05, 0.1) is 0 Å². The van der Waals surface area contributed by atoms with E-state index in [0.717, 1.165) is 17.6 Å². The Labute approximate surface area is 99.8 Å². The van der Waals surface area contributed by atoms with Crippen molar-refractivity contribution < 1.29 is 0 Å². The van der Waals surface area contributed by atoms with Gasteiger partial charge in [-0.05, 0) is 50.2 Å². The van der Waals surface area contributed by atoms with Crippen molar-refractivity contribution >= 4 is 21.6 Å². The normalized spacial score (nSPS) is 16.9. The Bertz CT molecular complexity index is 291. The third-order valence-corrected chi connectivity index (χ3v) is 3.33. The minimum absolute atomic E-state index is 1.04. The van der Waals surface area contributed by atoms with Gasteiger partial charge >= 0.3 is 0 Å². The Balaban J connectivity index is 1.71. The molecule has 0 unspecified atom stereocenters. The van der Waals surface area contributed by atoms with E-state index in [4.69, 9.17) is 0 Å². The molecule has 1 heterocycles. The average molecular weight is 269 g/mol. The number of rotatable bonds is 4. The first-order chi connectivity index (χ1) is 7.34. The Morgan fingerprint density at radius 1 is 1.13 bits per heavy atom. The van der Waals surface area contributed by atoms with E-state index in [0.29, 0.717) is 0 Å². The highest BCUT2D eigenvalue weighted by molar-refractivity contribution is 9.10. The van der Waals surface area contributed by atoms with Crippen molar-refractivity contribution in [2.24, 2.45) is 0 Å². The van der Waals surface area contributed by atoms with Gasteiger partial charge in [-0.1, -0.05) is 15.9 Å². The van der Waals surface area contributed by atoms with E-state index < -0.39 is 0 Å². The van der Waals surface area contributed by atoms with Gasteiger partial charge in [0.15, 0.2) is 0 Å². The lowest BCUT2D eigenvalue weighted by atomic mass is 10.3. The molecule has 15 heavy (non-hydrogen) atoms. The van der Waals surface area contributed by atoms with Crippen LogP contribution in [0.2, 0.25) is 0 Å². The van der Waals surface area contributed by atoms with Gasteiger partial charge in [-0.25, -0.2) is 0 Å². The first-order valence-electron chi connectivity index (χ1n) is 5.56. The molecule has 1 saturated heterocycles. The van der Waals surface area contributed by atoms with Gasteiger partial charge in [-0.15, -0.1) is 0 Å². The number of anilines is 1. The van der Waals surface area contributed by atoms with E-state index in [1.54, 1.807) is 0 Å². The van der Waals surface area contributed by atoms with Crippen LogP contribution < -0.4 is 5.32 Å². The first-order valence-corrected chi connectivity index (χ1v) is 6.36. The van der Waals surface area contributed by atoms with E-state index in [9.17, 15) is 0 Å². The first kappa shape index (κ1) is 11.0. The molecule has 0 radical (unpaired) electrons. The number of likely N-dealkylation sites (tertiary alicyclic amines) is 1. The van der Waals surface area contributed by atoms with Crippen molar-refractivity contribution in [3.05, 3.63) is 28.7 Å². The third-order valence-electron chi connectivity index (χ3n) is 2.80. The van der Waals surface area contributed by atoms with Gasteiger partial charge in [0.25, 0.3) is 0 Å². The van der Waals surface area contributed by atoms with E-state index >= 15 is 0 Å². The molecule has 82 valence electrons. The largest absolute Gasteiger partial charge is 0.384 e. The summed E-state index contributed by atoms with van der Waals surface area (Å²) >= 11 is 3.43. The fraction of sp³-hybridized carbons (Fsp3) is 0.500. The van der Waals surface area contributed by atoms with E-state index in [-0.39, 0.29) is 0 Å². The molecular weight excluding hydrogens is 252 g/mol. The number of hydrogen-bond acceptors (Lipinski definition) is 2. The monoisotopic (exact) mass is 268 g/mol. The van der Waals surface area contributed by atoms with Crippen LogP contribution in [0.5, 0.6) is 0 Å². The smallest absolute Gasteiger partial charge is 0.0341 e. The lowest BCUT2D eigenvalue weighted by Crippen LogP contribution is -2.25. The topological polar surface area (TPSA) is 15.3 Å². The summed E-state index contributed by atoms with van der Waals surface area (Å²) < 4.78 is 1.13. The number of nitrogens with zero attached hydrogens (tertiary/aromatic N) is 1. The molecule has 0 spiro atoms. The lowest BCUT2D eigenvalue weighted by molar-refractivity contribution is 0.352. The van der Waals surface area contributed by atoms with Crippen LogP contribution in [0.25, 0.3) is 0 Å². The Kier molecular flexibility index (Phi) is 4.03. The van der Waals surface area contributed by atoms with Gasteiger partial charge in [0.1, 0.15) is 0 Å². The van der Waals surface area contributed by atoms with Crippen LogP contribution in [0.15, 0.2) is 28.7 Å². The summed E-state index contributed by atoms with van der Waals surface area (Å²) in [5.41, 5.74) is 1.21. The Morgan fingerprint density at radius 2 is 1.80 bits per heavy atom. The Hall–Kier alpha value is -0.540. The van der Waals surface area contributed by atoms with Crippen molar-refractivity contribution in [2.75, 3.05) is 31.5 Å². The van der Waals surface area contributed by atoms with Gasteiger partial charge in [0, 0.05) is 23.2 Å². The molecule has 0 bridgehead atoms. The third kappa shape index (κ3) is 3.50. The summed E-state index contributed by atoms with van der Waals surface area (Å²) in [6, 6.07) is 8.35. The number of halogens is 1. The van der Waals surface area contributed by atoms with Crippen LogP contribution in [0, 0.1) is 0 Å². The van der Waals surface area contributed by atoms with Crippen LogP contribution in [-0.4, -0.2) is 31.1 Å². The number of benzene rings is 1. The zero-order valence-electron chi connectivity index (χ0n) is 8.88. The second-order valence-corrected chi connectivity index (χ2v) is 4.90. The minimum atomic E-state index is 1.04. The molecule has 2 rings (SSSR count). The highest BCUT2D eigenvalue weighted by Gasteiger charge is 2.09. The molecule has 0 aliphatic carbocycles. The van der Waals surface area contributed by atoms with Gasteiger partial charge in [0.2, 0.25) is 0 Å². The number of nitrogens with one attached hydrogen (secondary N) is 1. The molecule has 0 atom stereocenters. The summed E-state index contributed by atoms with van der Waals surface area (Å²) in [6.45, 7) is 4.77. The molecular formula is C12H17BrN2. The molecule has 1 aliphatic heterocycles. The van der Waals surface area contributed by atoms with E-state index in [2.05, 4.69) is 50.4 Å². The molecule has 1 N–H and O–H groups in total. The van der Waals surface area contributed by atoms with Gasteiger partial charge in [-0.2, -0.15) is 0 Å². The molecule has 3 heteroatoms. The second kappa shape index (κ2) is 5.52. The highest BCUT2D eigenvalue weighted by atomic mass is 79.9. The maximum Gasteiger partial charge on any atom is 0.0341 e. The van der Waals surface area contributed by atoms with E-state index in [1.807, 2.05) is 0 Å². The lowest BCUT2D eigenvalue weighted by Gasteiger charge is -2.15. The fourth-order valence-electron chi connectivity index (χ4n) is 1.93. The average Bonchev–Trinajstić information content (AvgIpc) is 2.74. The van der Waals surface area contributed by atoms with Crippen LogP contribution in [-0.2, 0) is 0 Å². The summed E-state index contributed by atoms with van der Waals surface area (Å²) in [4.78, 5) is 2.52. The second-order valence-electron chi connectivity index (χ2n) is 3.98. The van der Waals surface area contributed by atoms with Crippen molar-refractivity contribution in [3.63, 3.8) is 0 Å². The predicted molar refractivity (Wildman–Crippen MR) is 68.3 cm³/mol. The van der Waals surface area contributed by atoms with Crippen molar-refractivity contribution in [2.45, 2.75) is 12.8 Å². The minimum Gasteiger partial charge on any atom is -0.384 e. The molecule has 0 aromatic heterocycles. The summed E-state index contributed by atoms with van der Waals surface area (Å²) in [6.07, 6.45) is 2.75.